The Morgan fingerprint density at radius 1 is 1.12 bits per heavy atom. The average Bonchev–Trinajstić information content (AvgIpc) is 3.11. The first-order valence-electron chi connectivity index (χ1n) is 5.50. The average molecular weight is 242 g/mol. The van der Waals surface area contributed by atoms with Gasteiger partial charge in [-0.05, 0) is 36.5 Å². The van der Waals surface area contributed by atoms with Gasteiger partial charge < -0.3 is 15.2 Å². The minimum absolute atomic E-state index is 0. The third kappa shape index (κ3) is 2.11. The lowest BCUT2D eigenvalue weighted by Gasteiger charge is -2.20. The van der Waals surface area contributed by atoms with E-state index in [0.717, 1.165) is 11.5 Å². The van der Waals surface area contributed by atoms with Crippen molar-refractivity contribution < 1.29 is 9.47 Å². The lowest BCUT2D eigenvalue weighted by molar-refractivity contribution is 0.171. The minimum Gasteiger partial charge on any atom is -0.486 e. The molecule has 88 valence electrons. The maximum Gasteiger partial charge on any atom is 0.161 e. The normalized spacial score (nSPS) is 19.8. The number of nitrogens with two attached hydrogens (primary N) is 1. The van der Waals surface area contributed by atoms with E-state index >= 15 is 0 Å². The van der Waals surface area contributed by atoms with Crippen molar-refractivity contribution in [3.63, 3.8) is 0 Å². The second-order valence-corrected chi connectivity index (χ2v) is 4.27. The van der Waals surface area contributed by atoms with Gasteiger partial charge in [0.1, 0.15) is 13.2 Å². The highest BCUT2D eigenvalue weighted by Gasteiger charge is 2.30. The van der Waals surface area contributed by atoms with Gasteiger partial charge in [0.25, 0.3) is 0 Å². The molecule has 1 saturated carbocycles. The van der Waals surface area contributed by atoms with Crippen molar-refractivity contribution in [3.8, 4) is 11.5 Å². The van der Waals surface area contributed by atoms with E-state index in [2.05, 4.69) is 6.07 Å². The van der Waals surface area contributed by atoms with Crippen molar-refractivity contribution in [2.45, 2.75) is 18.9 Å². The van der Waals surface area contributed by atoms with Gasteiger partial charge in [-0.15, -0.1) is 12.4 Å². The Morgan fingerprint density at radius 2 is 1.81 bits per heavy atom. The van der Waals surface area contributed by atoms with Crippen LogP contribution in [0, 0.1) is 5.92 Å². The van der Waals surface area contributed by atoms with Crippen LogP contribution in [0.4, 0.5) is 0 Å². The van der Waals surface area contributed by atoms with Crippen LogP contribution in [0.3, 0.4) is 0 Å². The van der Waals surface area contributed by atoms with E-state index in [0.29, 0.717) is 19.1 Å². The summed E-state index contributed by atoms with van der Waals surface area (Å²) >= 11 is 0. The first kappa shape index (κ1) is 11.6. The number of hydrogen-bond acceptors (Lipinski definition) is 3. The van der Waals surface area contributed by atoms with Crippen molar-refractivity contribution >= 4 is 12.4 Å². The summed E-state index contributed by atoms with van der Waals surface area (Å²) in [7, 11) is 0. The molecule has 0 spiro atoms. The summed E-state index contributed by atoms with van der Waals surface area (Å²) in [5, 5.41) is 0. The van der Waals surface area contributed by atoms with Gasteiger partial charge in [-0.25, -0.2) is 0 Å². The van der Waals surface area contributed by atoms with Crippen LogP contribution in [0.15, 0.2) is 18.2 Å². The second kappa shape index (κ2) is 4.52. The molecule has 1 aromatic carbocycles. The largest absolute Gasteiger partial charge is 0.486 e. The molecular formula is C12H16ClNO2. The third-order valence-electron chi connectivity index (χ3n) is 3.08. The second-order valence-electron chi connectivity index (χ2n) is 4.27. The summed E-state index contributed by atoms with van der Waals surface area (Å²) in [5.41, 5.74) is 7.31. The monoisotopic (exact) mass is 241 g/mol. The minimum atomic E-state index is 0. The zero-order valence-corrected chi connectivity index (χ0v) is 9.83. The quantitative estimate of drug-likeness (QED) is 0.864. The first-order chi connectivity index (χ1) is 7.34. The Hall–Kier alpha value is -0.930. The molecule has 3 rings (SSSR count). The van der Waals surface area contributed by atoms with Gasteiger partial charge in [0.05, 0.1) is 0 Å². The fraction of sp³-hybridized carbons (Fsp3) is 0.500. The molecular weight excluding hydrogens is 226 g/mol. The Labute approximate surface area is 101 Å². The number of benzene rings is 1. The van der Waals surface area contributed by atoms with E-state index in [1.165, 1.54) is 18.4 Å². The molecule has 1 aromatic rings. The van der Waals surface area contributed by atoms with Gasteiger partial charge in [0, 0.05) is 6.04 Å². The molecule has 1 heterocycles. The lowest BCUT2D eigenvalue weighted by atomic mass is 10.0. The SMILES string of the molecule is Cl.N[C@H](c1ccc2c(c1)OCCO2)C1CC1. The molecule has 0 amide bonds. The molecule has 4 heteroatoms. The van der Waals surface area contributed by atoms with E-state index in [1.54, 1.807) is 0 Å². The van der Waals surface area contributed by atoms with Gasteiger partial charge in [0.2, 0.25) is 0 Å². The van der Waals surface area contributed by atoms with Crippen molar-refractivity contribution in [1.29, 1.82) is 0 Å². The maximum absolute atomic E-state index is 6.14. The predicted molar refractivity (Wildman–Crippen MR) is 64.3 cm³/mol. The van der Waals surface area contributed by atoms with Crippen molar-refractivity contribution in [1.82, 2.24) is 0 Å². The Morgan fingerprint density at radius 3 is 2.50 bits per heavy atom. The number of rotatable bonds is 2. The molecule has 16 heavy (non-hydrogen) atoms. The highest BCUT2D eigenvalue weighted by atomic mass is 35.5. The molecule has 3 nitrogen and oxygen atoms in total. The Balaban J connectivity index is 0.000000963. The van der Waals surface area contributed by atoms with Crippen molar-refractivity contribution in [3.05, 3.63) is 23.8 Å². The van der Waals surface area contributed by atoms with E-state index in [9.17, 15) is 0 Å². The van der Waals surface area contributed by atoms with Crippen molar-refractivity contribution in [2.24, 2.45) is 11.7 Å². The highest BCUT2D eigenvalue weighted by Crippen LogP contribution is 2.41. The highest BCUT2D eigenvalue weighted by molar-refractivity contribution is 5.85. The Bertz CT molecular complexity index is 379. The van der Waals surface area contributed by atoms with E-state index in [-0.39, 0.29) is 18.4 Å². The molecule has 0 unspecified atom stereocenters. The summed E-state index contributed by atoms with van der Waals surface area (Å²) in [6.45, 7) is 1.27. The molecule has 0 radical (unpaired) electrons. The summed E-state index contributed by atoms with van der Waals surface area (Å²) in [5.74, 6) is 2.36. The summed E-state index contributed by atoms with van der Waals surface area (Å²) in [6, 6.07) is 6.21. The van der Waals surface area contributed by atoms with Crippen LogP contribution in [0.5, 0.6) is 11.5 Å². The van der Waals surface area contributed by atoms with Crippen LogP contribution in [0.25, 0.3) is 0 Å². The van der Waals surface area contributed by atoms with Crippen LogP contribution in [-0.2, 0) is 0 Å². The fourth-order valence-corrected chi connectivity index (χ4v) is 1.99. The molecule has 0 saturated heterocycles. The zero-order chi connectivity index (χ0) is 10.3. The molecule has 1 aliphatic heterocycles. The topological polar surface area (TPSA) is 44.5 Å². The smallest absolute Gasteiger partial charge is 0.161 e. The van der Waals surface area contributed by atoms with Gasteiger partial charge >= 0.3 is 0 Å². The van der Waals surface area contributed by atoms with E-state index < -0.39 is 0 Å². The third-order valence-corrected chi connectivity index (χ3v) is 3.08. The molecule has 2 N–H and O–H groups in total. The zero-order valence-electron chi connectivity index (χ0n) is 9.02. The summed E-state index contributed by atoms with van der Waals surface area (Å²) in [6.07, 6.45) is 2.52. The van der Waals surface area contributed by atoms with Crippen LogP contribution >= 0.6 is 12.4 Å². The number of fused-ring (bicyclic) bond motifs is 1. The molecule has 1 fully saturated rings. The molecule has 0 bridgehead atoms. The first-order valence-corrected chi connectivity index (χ1v) is 5.50. The van der Waals surface area contributed by atoms with E-state index in [4.69, 9.17) is 15.2 Å². The molecule has 1 aliphatic carbocycles. The van der Waals surface area contributed by atoms with Gasteiger partial charge in [0.15, 0.2) is 11.5 Å². The fourth-order valence-electron chi connectivity index (χ4n) is 1.99. The van der Waals surface area contributed by atoms with Crippen LogP contribution < -0.4 is 15.2 Å². The van der Waals surface area contributed by atoms with Gasteiger partial charge in [-0.3, -0.25) is 0 Å². The standard InChI is InChI=1S/C12H15NO2.ClH/c13-12(8-1-2-8)9-3-4-10-11(7-9)15-6-5-14-10;/h3-4,7-8,12H,1-2,5-6,13H2;1H/t12-;/m0./s1. The van der Waals surface area contributed by atoms with Crippen LogP contribution in [-0.4, -0.2) is 13.2 Å². The molecule has 0 aromatic heterocycles. The number of ether oxygens (including phenoxy) is 2. The van der Waals surface area contributed by atoms with Gasteiger partial charge in [-0.2, -0.15) is 0 Å². The Kier molecular flexibility index (Phi) is 3.26. The number of halogens is 1. The summed E-state index contributed by atoms with van der Waals surface area (Å²) in [4.78, 5) is 0. The predicted octanol–water partition coefficient (Wildman–Crippen LogP) is 2.29. The molecule has 1 atom stereocenters. The van der Waals surface area contributed by atoms with Gasteiger partial charge in [-0.1, -0.05) is 6.07 Å². The maximum atomic E-state index is 6.14. The molecule has 2 aliphatic rings. The number of hydrogen-bond donors (Lipinski definition) is 1. The van der Waals surface area contributed by atoms with Crippen molar-refractivity contribution in [2.75, 3.05) is 13.2 Å². The summed E-state index contributed by atoms with van der Waals surface area (Å²) < 4.78 is 11.0. The van der Waals surface area contributed by atoms with E-state index in [1.807, 2.05) is 12.1 Å². The van der Waals surface area contributed by atoms with Crippen LogP contribution in [0.1, 0.15) is 24.4 Å². The lowest BCUT2D eigenvalue weighted by Crippen LogP contribution is -2.17. The van der Waals surface area contributed by atoms with Crippen LogP contribution in [0.2, 0.25) is 0 Å².